The lowest BCUT2D eigenvalue weighted by Crippen LogP contribution is -2.17. The second-order valence-corrected chi connectivity index (χ2v) is 5.61. The number of thioether (sulfide) groups is 1. The molecule has 22 heavy (non-hydrogen) atoms. The molecule has 0 spiro atoms. The molecule has 2 aromatic rings. The molecule has 0 aliphatic rings. The number of halogens is 1. The molecule has 0 heterocycles. The zero-order valence-corrected chi connectivity index (χ0v) is 13.6. The van der Waals surface area contributed by atoms with Crippen LogP contribution >= 0.6 is 23.4 Å². The second kappa shape index (κ2) is 8.56. The lowest BCUT2D eigenvalue weighted by Gasteiger charge is -2.09. The van der Waals surface area contributed by atoms with Crippen LogP contribution in [0.1, 0.15) is 0 Å². The Morgan fingerprint density at radius 3 is 2.68 bits per heavy atom. The van der Waals surface area contributed by atoms with Gasteiger partial charge in [-0.05, 0) is 48.7 Å². The smallest absolute Gasteiger partial charge is 0.411 e. The molecule has 0 aromatic heterocycles. The van der Waals surface area contributed by atoms with Crippen molar-refractivity contribution in [2.24, 2.45) is 0 Å². The molecule has 1 amide bonds. The van der Waals surface area contributed by atoms with Gasteiger partial charge in [0.05, 0.1) is 0 Å². The molecule has 0 saturated carbocycles. The Morgan fingerprint density at radius 2 is 1.95 bits per heavy atom. The van der Waals surface area contributed by atoms with Crippen LogP contribution in [0.2, 0.25) is 5.02 Å². The number of carbonyl (C=O) groups excluding carboxylic acids is 1. The van der Waals surface area contributed by atoms with E-state index >= 15 is 0 Å². The van der Waals surface area contributed by atoms with Crippen LogP contribution in [0, 0.1) is 0 Å². The number of hydrogen-bond donors (Lipinski definition) is 1. The average Bonchev–Trinajstić information content (AvgIpc) is 2.53. The van der Waals surface area contributed by atoms with Gasteiger partial charge in [0.1, 0.15) is 19.0 Å². The van der Waals surface area contributed by atoms with Crippen molar-refractivity contribution in [3.05, 3.63) is 53.6 Å². The lowest BCUT2D eigenvalue weighted by molar-refractivity contribution is 0.138. The third-order valence-corrected chi connectivity index (χ3v) is 3.69. The fraction of sp³-hybridized carbons (Fsp3) is 0.188. The molecule has 0 aliphatic carbocycles. The highest BCUT2D eigenvalue weighted by Crippen LogP contribution is 2.19. The largest absolute Gasteiger partial charge is 0.490 e. The summed E-state index contributed by atoms with van der Waals surface area (Å²) >= 11 is 7.39. The zero-order valence-electron chi connectivity index (χ0n) is 12.0. The van der Waals surface area contributed by atoms with Crippen molar-refractivity contribution in [2.45, 2.75) is 4.90 Å². The van der Waals surface area contributed by atoms with Crippen molar-refractivity contribution in [1.82, 2.24) is 0 Å². The van der Waals surface area contributed by atoms with Gasteiger partial charge in [-0.15, -0.1) is 11.8 Å². The highest BCUT2D eigenvalue weighted by molar-refractivity contribution is 7.98. The standard InChI is InChI=1S/C16H16ClNO3S/c1-22-15-4-2-3-13(11-15)18-16(19)21-10-9-20-14-7-5-12(17)6-8-14/h2-8,11H,9-10H2,1H3,(H,18,19). The highest BCUT2D eigenvalue weighted by atomic mass is 35.5. The van der Waals surface area contributed by atoms with Gasteiger partial charge in [0.2, 0.25) is 0 Å². The number of nitrogens with one attached hydrogen (secondary N) is 1. The molecular formula is C16H16ClNO3S. The molecule has 1 N–H and O–H groups in total. The minimum absolute atomic E-state index is 0.163. The Balaban J connectivity index is 1.70. The van der Waals surface area contributed by atoms with Crippen LogP contribution in [0.25, 0.3) is 0 Å². The van der Waals surface area contributed by atoms with Crippen LogP contribution in [0.3, 0.4) is 0 Å². The molecule has 0 fully saturated rings. The van der Waals surface area contributed by atoms with E-state index in [-0.39, 0.29) is 13.2 Å². The monoisotopic (exact) mass is 337 g/mol. The molecule has 0 atom stereocenters. The quantitative estimate of drug-likeness (QED) is 0.613. The summed E-state index contributed by atoms with van der Waals surface area (Å²) in [5, 5.41) is 3.32. The van der Waals surface area contributed by atoms with E-state index in [1.54, 1.807) is 36.0 Å². The van der Waals surface area contributed by atoms with Crippen molar-refractivity contribution < 1.29 is 14.3 Å². The van der Waals surface area contributed by atoms with Gasteiger partial charge in [0.15, 0.2) is 0 Å². The number of amides is 1. The van der Waals surface area contributed by atoms with E-state index in [4.69, 9.17) is 21.1 Å². The summed E-state index contributed by atoms with van der Waals surface area (Å²) < 4.78 is 10.5. The van der Waals surface area contributed by atoms with Crippen molar-refractivity contribution >= 4 is 35.1 Å². The number of benzene rings is 2. The van der Waals surface area contributed by atoms with E-state index in [2.05, 4.69) is 5.32 Å². The van der Waals surface area contributed by atoms with E-state index in [0.29, 0.717) is 16.5 Å². The highest BCUT2D eigenvalue weighted by Gasteiger charge is 2.04. The molecule has 2 rings (SSSR count). The Kier molecular flexibility index (Phi) is 6.43. The van der Waals surface area contributed by atoms with Crippen LogP contribution in [-0.4, -0.2) is 25.6 Å². The number of hydrogen-bond acceptors (Lipinski definition) is 4. The van der Waals surface area contributed by atoms with Gasteiger partial charge in [-0.3, -0.25) is 5.32 Å². The molecule has 2 aromatic carbocycles. The predicted octanol–water partition coefficient (Wildman–Crippen LogP) is 4.69. The van der Waals surface area contributed by atoms with Gasteiger partial charge in [-0.2, -0.15) is 0 Å². The Morgan fingerprint density at radius 1 is 1.18 bits per heavy atom. The molecule has 6 heteroatoms. The number of ether oxygens (including phenoxy) is 2. The lowest BCUT2D eigenvalue weighted by atomic mass is 10.3. The van der Waals surface area contributed by atoms with Crippen LogP contribution in [0.5, 0.6) is 5.75 Å². The molecule has 0 bridgehead atoms. The van der Waals surface area contributed by atoms with Gasteiger partial charge in [0, 0.05) is 15.6 Å². The van der Waals surface area contributed by atoms with E-state index in [0.717, 1.165) is 4.90 Å². The molecule has 116 valence electrons. The first-order valence-corrected chi connectivity index (χ1v) is 8.24. The first kappa shape index (κ1) is 16.5. The van der Waals surface area contributed by atoms with Crippen molar-refractivity contribution in [3.8, 4) is 5.75 Å². The van der Waals surface area contributed by atoms with Gasteiger partial charge in [-0.1, -0.05) is 17.7 Å². The van der Waals surface area contributed by atoms with Gasteiger partial charge in [0.25, 0.3) is 0 Å². The first-order chi connectivity index (χ1) is 10.7. The van der Waals surface area contributed by atoms with Gasteiger partial charge < -0.3 is 9.47 Å². The van der Waals surface area contributed by atoms with Crippen LogP contribution in [0.4, 0.5) is 10.5 Å². The number of carbonyl (C=O) groups is 1. The first-order valence-electron chi connectivity index (χ1n) is 6.63. The van der Waals surface area contributed by atoms with Crippen LogP contribution in [-0.2, 0) is 4.74 Å². The Hall–Kier alpha value is -1.85. The minimum Gasteiger partial charge on any atom is -0.490 e. The van der Waals surface area contributed by atoms with E-state index in [9.17, 15) is 4.79 Å². The molecule has 0 unspecified atom stereocenters. The van der Waals surface area contributed by atoms with Crippen molar-refractivity contribution in [1.29, 1.82) is 0 Å². The van der Waals surface area contributed by atoms with Crippen molar-refractivity contribution in [3.63, 3.8) is 0 Å². The third-order valence-electron chi connectivity index (χ3n) is 2.71. The molecule has 0 aliphatic heterocycles. The van der Waals surface area contributed by atoms with Crippen molar-refractivity contribution in [2.75, 3.05) is 24.8 Å². The third kappa shape index (κ3) is 5.50. The predicted molar refractivity (Wildman–Crippen MR) is 90.1 cm³/mol. The van der Waals surface area contributed by atoms with E-state index in [1.807, 2.05) is 30.5 Å². The summed E-state index contributed by atoms with van der Waals surface area (Å²) in [6, 6.07) is 14.5. The van der Waals surface area contributed by atoms with Crippen LogP contribution < -0.4 is 10.1 Å². The molecule has 4 nitrogen and oxygen atoms in total. The number of rotatable bonds is 6. The summed E-state index contributed by atoms with van der Waals surface area (Å²) in [6.07, 6.45) is 1.48. The second-order valence-electron chi connectivity index (χ2n) is 4.30. The van der Waals surface area contributed by atoms with E-state index < -0.39 is 6.09 Å². The average molecular weight is 338 g/mol. The Bertz CT molecular complexity index is 619. The summed E-state index contributed by atoms with van der Waals surface area (Å²) in [4.78, 5) is 12.7. The summed E-state index contributed by atoms with van der Waals surface area (Å²) in [5.41, 5.74) is 0.704. The topological polar surface area (TPSA) is 47.6 Å². The maximum absolute atomic E-state index is 11.7. The zero-order chi connectivity index (χ0) is 15.8. The summed E-state index contributed by atoms with van der Waals surface area (Å²) in [6.45, 7) is 0.441. The number of anilines is 1. The minimum atomic E-state index is -0.502. The van der Waals surface area contributed by atoms with Gasteiger partial charge in [-0.25, -0.2) is 4.79 Å². The summed E-state index contributed by atoms with van der Waals surface area (Å²) in [7, 11) is 0. The molecular weight excluding hydrogens is 322 g/mol. The molecule has 0 saturated heterocycles. The fourth-order valence-electron chi connectivity index (χ4n) is 1.68. The maximum atomic E-state index is 11.7. The van der Waals surface area contributed by atoms with Gasteiger partial charge >= 0.3 is 6.09 Å². The fourth-order valence-corrected chi connectivity index (χ4v) is 2.26. The Labute approximate surface area is 138 Å². The van der Waals surface area contributed by atoms with E-state index in [1.165, 1.54) is 0 Å². The SMILES string of the molecule is CSc1cccc(NC(=O)OCCOc2ccc(Cl)cc2)c1. The normalized spacial score (nSPS) is 10.1. The summed E-state index contributed by atoms with van der Waals surface area (Å²) in [5.74, 6) is 0.682. The molecule has 0 radical (unpaired) electrons. The maximum Gasteiger partial charge on any atom is 0.411 e. The van der Waals surface area contributed by atoms with Crippen LogP contribution in [0.15, 0.2) is 53.4 Å².